The second-order valence-electron chi connectivity index (χ2n) is 9.28. The summed E-state index contributed by atoms with van der Waals surface area (Å²) in [5, 5.41) is 0.723. The van der Waals surface area contributed by atoms with E-state index in [0.29, 0.717) is 22.5 Å². The molecule has 3 heterocycles. The minimum absolute atomic E-state index is 0.0266. The molecule has 0 saturated heterocycles. The maximum atomic E-state index is 13.7. The molecule has 1 amide bonds. The molecule has 7 nitrogen and oxygen atoms in total. The Hall–Kier alpha value is -4.21. The monoisotopic (exact) mass is 507 g/mol. The average Bonchev–Trinajstić information content (AvgIpc) is 3.30. The number of aromatic nitrogens is 3. The molecule has 1 aromatic carbocycles. The largest absolute Gasteiger partial charge is 0.417 e. The van der Waals surface area contributed by atoms with Gasteiger partial charge in [-0.2, -0.15) is 13.2 Å². The van der Waals surface area contributed by atoms with Crippen LogP contribution in [0.5, 0.6) is 0 Å². The predicted molar refractivity (Wildman–Crippen MR) is 133 cm³/mol. The molecule has 1 aliphatic rings. The fraction of sp³-hybridized carbons (Fsp3) is 0.259. The third-order valence-corrected chi connectivity index (χ3v) is 6.61. The molecule has 0 bridgehead atoms. The van der Waals surface area contributed by atoms with Crippen molar-refractivity contribution in [1.82, 2.24) is 19.9 Å². The number of amides is 1. The Morgan fingerprint density at radius 2 is 1.92 bits per heavy atom. The van der Waals surface area contributed by atoms with Crippen molar-refractivity contribution in [3.63, 3.8) is 0 Å². The van der Waals surface area contributed by atoms with Crippen molar-refractivity contribution >= 4 is 22.6 Å². The van der Waals surface area contributed by atoms with Gasteiger partial charge >= 0.3 is 6.18 Å². The van der Waals surface area contributed by atoms with Crippen LogP contribution < -0.4 is 11.3 Å². The van der Waals surface area contributed by atoms with Gasteiger partial charge in [0.25, 0.3) is 11.5 Å². The van der Waals surface area contributed by atoms with Gasteiger partial charge in [-0.15, -0.1) is 0 Å². The zero-order chi connectivity index (χ0) is 26.3. The number of rotatable bonds is 5. The summed E-state index contributed by atoms with van der Waals surface area (Å²) in [4.78, 5) is 39.0. The van der Waals surface area contributed by atoms with E-state index in [1.54, 1.807) is 18.2 Å². The van der Waals surface area contributed by atoms with Crippen molar-refractivity contribution in [2.45, 2.75) is 45.5 Å². The van der Waals surface area contributed by atoms with Crippen LogP contribution in [0.15, 0.2) is 53.5 Å². The number of H-pyrrole nitrogens is 1. The lowest BCUT2D eigenvalue weighted by molar-refractivity contribution is -0.137. The minimum atomic E-state index is -4.51. The average molecular weight is 508 g/mol. The number of hydrogen-bond acceptors (Lipinski definition) is 5. The molecule has 3 N–H and O–H groups in total. The lowest BCUT2D eigenvalue weighted by atomic mass is 10.1. The number of nitrogen functional groups attached to an aromatic ring is 1. The number of carbonyl (C=O) groups is 1. The van der Waals surface area contributed by atoms with Gasteiger partial charge in [0.2, 0.25) is 0 Å². The van der Waals surface area contributed by atoms with Gasteiger partial charge in [0.1, 0.15) is 5.82 Å². The third-order valence-electron chi connectivity index (χ3n) is 6.61. The third kappa shape index (κ3) is 5.04. The first kappa shape index (κ1) is 24.5. The summed E-state index contributed by atoms with van der Waals surface area (Å²) < 4.78 is 39.0. The van der Waals surface area contributed by atoms with Crippen molar-refractivity contribution in [3.05, 3.63) is 98.2 Å². The van der Waals surface area contributed by atoms with Crippen molar-refractivity contribution in [1.29, 1.82) is 0 Å². The summed E-state index contributed by atoms with van der Waals surface area (Å²) in [6, 6.07) is 10.8. The SMILES string of the molecule is Cc1cc2cc(C(=O)N(Cc3ccc(C(F)(F)F)cn3)Cc3cc4c([nH]c3=O)CCC4)ccc2nc1N. The highest BCUT2D eigenvalue weighted by atomic mass is 19.4. The van der Waals surface area contributed by atoms with E-state index in [1.165, 1.54) is 11.0 Å². The van der Waals surface area contributed by atoms with Gasteiger partial charge in [0.15, 0.2) is 0 Å². The number of pyridine rings is 3. The summed E-state index contributed by atoms with van der Waals surface area (Å²) in [5.41, 5.74) is 9.12. The van der Waals surface area contributed by atoms with E-state index >= 15 is 0 Å². The molecule has 5 rings (SSSR count). The first-order valence-electron chi connectivity index (χ1n) is 11.8. The molecule has 37 heavy (non-hydrogen) atoms. The van der Waals surface area contributed by atoms with Gasteiger partial charge in [-0.3, -0.25) is 14.6 Å². The highest BCUT2D eigenvalue weighted by molar-refractivity contribution is 5.98. The van der Waals surface area contributed by atoms with E-state index < -0.39 is 17.6 Å². The van der Waals surface area contributed by atoms with Crippen LogP contribution in [0, 0.1) is 6.92 Å². The molecular weight excluding hydrogens is 483 g/mol. The highest BCUT2D eigenvalue weighted by Crippen LogP contribution is 2.29. The molecule has 4 aromatic rings. The van der Waals surface area contributed by atoms with Crippen LogP contribution in [0.25, 0.3) is 10.9 Å². The van der Waals surface area contributed by atoms with Gasteiger partial charge in [-0.05, 0) is 79.8 Å². The molecule has 0 spiro atoms. The van der Waals surface area contributed by atoms with Gasteiger partial charge in [-0.25, -0.2) is 4.98 Å². The quantitative estimate of drug-likeness (QED) is 0.412. The second kappa shape index (κ2) is 9.34. The van der Waals surface area contributed by atoms with Crippen molar-refractivity contribution in [2.24, 2.45) is 0 Å². The number of aryl methyl sites for hydroxylation is 3. The first-order valence-corrected chi connectivity index (χ1v) is 11.8. The molecule has 10 heteroatoms. The van der Waals surface area contributed by atoms with Crippen LogP contribution in [0.2, 0.25) is 0 Å². The Labute approximate surface area is 210 Å². The smallest absolute Gasteiger partial charge is 0.383 e. The minimum Gasteiger partial charge on any atom is -0.383 e. The second-order valence-corrected chi connectivity index (χ2v) is 9.28. The van der Waals surface area contributed by atoms with Gasteiger partial charge < -0.3 is 15.6 Å². The number of benzene rings is 1. The van der Waals surface area contributed by atoms with Crippen molar-refractivity contribution in [2.75, 3.05) is 5.73 Å². The molecule has 0 fully saturated rings. The number of aromatic amines is 1. The number of nitrogens with zero attached hydrogens (tertiary/aromatic N) is 3. The highest BCUT2D eigenvalue weighted by Gasteiger charge is 2.31. The number of nitrogens with one attached hydrogen (secondary N) is 1. The maximum Gasteiger partial charge on any atom is 0.417 e. The van der Waals surface area contributed by atoms with E-state index in [-0.39, 0.29) is 24.3 Å². The summed E-state index contributed by atoms with van der Waals surface area (Å²) in [7, 11) is 0. The van der Waals surface area contributed by atoms with E-state index in [2.05, 4.69) is 15.0 Å². The number of carbonyl (C=O) groups excluding carboxylic acids is 1. The Balaban J connectivity index is 1.50. The number of anilines is 1. The first-order chi connectivity index (χ1) is 17.6. The van der Waals surface area contributed by atoms with Crippen molar-refractivity contribution in [3.8, 4) is 0 Å². The van der Waals surface area contributed by atoms with Gasteiger partial charge in [0.05, 0.1) is 29.9 Å². The van der Waals surface area contributed by atoms with Crippen LogP contribution in [0.3, 0.4) is 0 Å². The number of alkyl halides is 3. The Morgan fingerprint density at radius 1 is 1.11 bits per heavy atom. The Kier molecular flexibility index (Phi) is 6.18. The van der Waals surface area contributed by atoms with Crippen LogP contribution in [0.4, 0.5) is 19.0 Å². The number of nitrogens with two attached hydrogens (primary N) is 1. The normalized spacial score (nSPS) is 13.1. The lowest BCUT2D eigenvalue weighted by Crippen LogP contribution is -2.33. The van der Waals surface area contributed by atoms with E-state index in [0.717, 1.165) is 53.7 Å². The summed E-state index contributed by atoms with van der Waals surface area (Å²) in [5.74, 6) is 0.00962. The fourth-order valence-corrected chi connectivity index (χ4v) is 4.58. The molecule has 0 unspecified atom stereocenters. The molecule has 190 valence electrons. The zero-order valence-corrected chi connectivity index (χ0v) is 20.0. The summed E-state index contributed by atoms with van der Waals surface area (Å²) in [6.45, 7) is 1.71. The summed E-state index contributed by atoms with van der Waals surface area (Å²) in [6.07, 6.45) is -1.18. The van der Waals surface area contributed by atoms with Crippen molar-refractivity contribution < 1.29 is 18.0 Å². The van der Waals surface area contributed by atoms with Gasteiger partial charge in [0, 0.05) is 28.4 Å². The topological polar surface area (TPSA) is 105 Å². The number of hydrogen-bond donors (Lipinski definition) is 2. The zero-order valence-electron chi connectivity index (χ0n) is 20.0. The number of fused-ring (bicyclic) bond motifs is 2. The van der Waals surface area contributed by atoms with E-state index in [4.69, 9.17) is 5.73 Å². The molecular formula is C27H24F3N5O2. The molecule has 3 aromatic heterocycles. The van der Waals surface area contributed by atoms with E-state index in [1.807, 2.05) is 19.1 Å². The molecule has 0 atom stereocenters. The molecule has 1 aliphatic carbocycles. The van der Waals surface area contributed by atoms with Crippen LogP contribution in [-0.2, 0) is 32.1 Å². The predicted octanol–water partition coefficient (Wildman–Crippen LogP) is 4.56. The molecule has 0 saturated carbocycles. The van der Waals surface area contributed by atoms with E-state index in [9.17, 15) is 22.8 Å². The number of halogens is 3. The van der Waals surface area contributed by atoms with Crippen LogP contribution >= 0.6 is 0 Å². The standard InChI is InChI=1S/C27H24F3N5O2/c1-15-9-18-11-17(5-8-23(18)33-24(15)31)26(37)35(14-21-7-6-20(12-32-21)27(28,29)30)13-19-10-16-3-2-4-22(16)34-25(19)36/h5-12H,2-4,13-14H2,1H3,(H2,31,33)(H,34,36). The Bertz CT molecular complexity index is 1560. The van der Waals surface area contributed by atoms with Gasteiger partial charge in [-0.1, -0.05) is 0 Å². The molecule has 0 radical (unpaired) electrons. The fourth-order valence-electron chi connectivity index (χ4n) is 4.58. The van der Waals surface area contributed by atoms with Crippen LogP contribution in [-0.4, -0.2) is 25.8 Å². The summed E-state index contributed by atoms with van der Waals surface area (Å²) >= 11 is 0. The maximum absolute atomic E-state index is 13.7. The lowest BCUT2D eigenvalue weighted by Gasteiger charge is -2.23. The van der Waals surface area contributed by atoms with Crippen LogP contribution in [0.1, 0.15) is 50.4 Å². The Morgan fingerprint density at radius 3 is 2.65 bits per heavy atom. The molecule has 0 aliphatic heterocycles.